The van der Waals surface area contributed by atoms with Gasteiger partial charge in [0.05, 0.1) is 23.0 Å². The molecule has 3 rings (SSSR count). The Morgan fingerprint density at radius 2 is 1.95 bits per heavy atom. The molecule has 0 fully saturated rings. The van der Waals surface area contributed by atoms with Crippen LogP contribution in [0, 0.1) is 11.3 Å². The van der Waals surface area contributed by atoms with E-state index >= 15 is 0 Å². The molecule has 0 unspecified atom stereocenters. The minimum absolute atomic E-state index is 0.0219. The SMILES string of the molecule is N#Cc1ccc2c(c1)N(c1ccccc1)CCCC(=O)N2. The molecule has 1 aliphatic rings. The van der Waals surface area contributed by atoms with Gasteiger partial charge < -0.3 is 10.2 Å². The van der Waals surface area contributed by atoms with Crippen molar-refractivity contribution in [2.75, 3.05) is 16.8 Å². The zero-order valence-corrected chi connectivity index (χ0v) is 11.5. The normalized spacial score (nSPS) is 14.4. The van der Waals surface area contributed by atoms with Gasteiger partial charge in [0, 0.05) is 18.7 Å². The van der Waals surface area contributed by atoms with E-state index in [0.717, 1.165) is 30.0 Å². The highest BCUT2D eigenvalue weighted by atomic mass is 16.1. The zero-order valence-electron chi connectivity index (χ0n) is 11.5. The number of fused-ring (bicyclic) bond motifs is 1. The molecular formula is C17H15N3O. The van der Waals surface area contributed by atoms with E-state index in [9.17, 15) is 4.79 Å². The molecular weight excluding hydrogens is 262 g/mol. The van der Waals surface area contributed by atoms with Crippen LogP contribution >= 0.6 is 0 Å². The van der Waals surface area contributed by atoms with E-state index in [1.807, 2.05) is 36.4 Å². The number of nitriles is 1. The van der Waals surface area contributed by atoms with Crippen molar-refractivity contribution in [1.29, 1.82) is 5.26 Å². The third kappa shape index (κ3) is 2.72. The van der Waals surface area contributed by atoms with Crippen LogP contribution in [0.25, 0.3) is 0 Å². The molecule has 2 aromatic carbocycles. The summed E-state index contributed by atoms with van der Waals surface area (Å²) in [5.41, 5.74) is 3.27. The molecule has 0 saturated carbocycles. The van der Waals surface area contributed by atoms with E-state index in [1.54, 1.807) is 12.1 Å². The molecule has 0 bridgehead atoms. The molecule has 4 nitrogen and oxygen atoms in total. The van der Waals surface area contributed by atoms with Crippen LogP contribution < -0.4 is 10.2 Å². The monoisotopic (exact) mass is 277 g/mol. The van der Waals surface area contributed by atoms with Crippen LogP contribution in [0.4, 0.5) is 17.1 Å². The summed E-state index contributed by atoms with van der Waals surface area (Å²) in [6.07, 6.45) is 1.28. The van der Waals surface area contributed by atoms with E-state index in [0.29, 0.717) is 12.0 Å². The van der Waals surface area contributed by atoms with Gasteiger partial charge in [0.25, 0.3) is 0 Å². The molecule has 0 aliphatic carbocycles. The lowest BCUT2D eigenvalue weighted by molar-refractivity contribution is -0.116. The number of benzene rings is 2. The topological polar surface area (TPSA) is 56.1 Å². The van der Waals surface area contributed by atoms with Gasteiger partial charge in [-0.25, -0.2) is 0 Å². The van der Waals surface area contributed by atoms with Crippen LogP contribution in [0.15, 0.2) is 48.5 Å². The summed E-state index contributed by atoms with van der Waals surface area (Å²) < 4.78 is 0. The smallest absolute Gasteiger partial charge is 0.224 e. The largest absolute Gasteiger partial charge is 0.340 e. The second-order valence-corrected chi connectivity index (χ2v) is 4.98. The van der Waals surface area contributed by atoms with Crippen LogP contribution in [-0.2, 0) is 4.79 Å². The first-order valence-corrected chi connectivity index (χ1v) is 6.94. The first-order valence-electron chi connectivity index (χ1n) is 6.94. The number of anilines is 3. The molecule has 1 amide bonds. The van der Waals surface area contributed by atoms with Gasteiger partial charge in [0.1, 0.15) is 0 Å². The van der Waals surface area contributed by atoms with Gasteiger partial charge >= 0.3 is 0 Å². The summed E-state index contributed by atoms with van der Waals surface area (Å²) in [6.45, 7) is 0.749. The van der Waals surface area contributed by atoms with Crippen LogP contribution in [0.2, 0.25) is 0 Å². The second kappa shape index (κ2) is 5.68. The van der Waals surface area contributed by atoms with Gasteiger partial charge in [-0.15, -0.1) is 0 Å². The van der Waals surface area contributed by atoms with Crippen molar-refractivity contribution in [3.05, 3.63) is 54.1 Å². The molecule has 21 heavy (non-hydrogen) atoms. The molecule has 1 heterocycles. The molecule has 4 heteroatoms. The minimum atomic E-state index is 0.0219. The molecule has 1 N–H and O–H groups in total. The van der Waals surface area contributed by atoms with Crippen molar-refractivity contribution >= 4 is 23.0 Å². The second-order valence-electron chi connectivity index (χ2n) is 4.98. The average molecular weight is 277 g/mol. The number of nitrogens with zero attached hydrogens (tertiary/aromatic N) is 2. The number of amides is 1. The molecule has 0 atom stereocenters. The Morgan fingerprint density at radius 3 is 2.71 bits per heavy atom. The molecule has 0 spiro atoms. The number of para-hydroxylation sites is 1. The van der Waals surface area contributed by atoms with Crippen molar-refractivity contribution in [1.82, 2.24) is 0 Å². The summed E-state index contributed by atoms with van der Waals surface area (Å²) in [6, 6.07) is 17.5. The Hall–Kier alpha value is -2.80. The third-order valence-electron chi connectivity index (χ3n) is 3.55. The lowest BCUT2D eigenvalue weighted by Crippen LogP contribution is -2.25. The highest BCUT2D eigenvalue weighted by Crippen LogP contribution is 2.34. The number of hydrogen-bond donors (Lipinski definition) is 1. The van der Waals surface area contributed by atoms with Crippen LogP contribution in [0.3, 0.4) is 0 Å². The quantitative estimate of drug-likeness (QED) is 0.868. The lowest BCUT2D eigenvalue weighted by Gasteiger charge is -2.29. The standard InChI is InChI=1S/C17H15N3O/c18-12-13-8-9-15-16(11-13)20(10-4-7-17(21)19-15)14-5-2-1-3-6-14/h1-3,5-6,8-9,11H,4,7,10H2,(H,19,21). The van der Waals surface area contributed by atoms with E-state index in [1.165, 1.54) is 0 Å². The molecule has 1 aliphatic heterocycles. The number of nitrogens with one attached hydrogen (secondary N) is 1. The van der Waals surface area contributed by atoms with Crippen molar-refractivity contribution in [3.8, 4) is 6.07 Å². The maximum absolute atomic E-state index is 11.8. The lowest BCUT2D eigenvalue weighted by atomic mass is 10.1. The number of carbonyl (C=O) groups is 1. The highest BCUT2D eigenvalue weighted by molar-refractivity contribution is 5.96. The Labute approximate surface area is 123 Å². The predicted octanol–water partition coefficient (Wildman–Crippen LogP) is 3.43. The summed E-state index contributed by atoms with van der Waals surface area (Å²) in [5, 5.41) is 12.0. The Balaban J connectivity index is 2.12. The number of hydrogen-bond acceptors (Lipinski definition) is 3. The van der Waals surface area contributed by atoms with Gasteiger partial charge in [-0.05, 0) is 36.8 Å². The first-order chi connectivity index (χ1) is 10.3. The maximum Gasteiger partial charge on any atom is 0.224 e. The van der Waals surface area contributed by atoms with Crippen LogP contribution in [-0.4, -0.2) is 12.5 Å². The van der Waals surface area contributed by atoms with Gasteiger partial charge in [0.2, 0.25) is 5.91 Å². The Bertz CT molecular complexity index is 704. The van der Waals surface area contributed by atoms with E-state index in [2.05, 4.69) is 16.3 Å². The Kier molecular flexibility index (Phi) is 3.57. The van der Waals surface area contributed by atoms with Gasteiger partial charge in [-0.1, -0.05) is 18.2 Å². The Morgan fingerprint density at radius 1 is 1.14 bits per heavy atom. The van der Waals surface area contributed by atoms with E-state index < -0.39 is 0 Å². The van der Waals surface area contributed by atoms with Gasteiger partial charge in [-0.2, -0.15) is 5.26 Å². The van der Waals surface area contributed by atoms with E-state index in [4.69, 9.17) is 5.26 Å². The average Bonchev–Trinajstić information content (AvgIpc) is 2.51. The summed E-state index contributed by atoms with van der Waals surface area (Å²) in [5.74, 6) is 0.0219. The molecule has 0 saturated heterocycles. The fourth-order valence-electron chi connectivity index (χ4n) is 2.54. The van der Waals surface area contributed by atoms with Crippen molar-refractivity contribution in [3.63, 3.8) is 0 Å². The molecule has 104 valence electrons. The molecule has 2 aromatic rings. The first kappa shape index (κ1) is 13.2. The molecule has 0 radical (unpaired) electrons. The molecule has 0 aromatic heterocycles. The highest BCUT2D eigenvalue weighted by Gasteiger charge is 2.19. The number of carbonyl (C=O) groups excluding carboxylic acids is 1. The van der Waals surface area contributed by atoms with Crippen molar-refractivity contribution in [2.45, 2.75) is 12.8 Å². The van der Waals surface area contributed by atoms with Crippen molar-refractivity contribution in [2.24, 2.45) is 0 Å². The predicted molar refractivity (Wildman–Crippen MR) is 82.5 cm³/mol. The van der Waals surface area contributed by atoms with Gasteiger partial charge in [0.15, 0.2) is 0 Å². The summed E-state index contributed by atoms with van der Waals surface area (Å²) >= 11 is 0. The van der Waals surface area contributed by atoms with Gasteiger partial charge in [-0.3, -0.25) is 4.79 Å². The number of rotatable bonds is 1. The zero-order chi connectivity index (χ0) is 14.7. The van der Waals surface area contributed by atoms with Crippen LogP contribution in [0.5, 0.6) is 0 Å². The van der Waals surface area contributed by atoms with Crippen molar-refractivity contribution < 1.29 is 4.79 Å². The summed E-state index contributed by atoms with van der Waals surface area (Å²) in [7, 11) is 0. The minimum Gasteiger partial charge on any atom is -0.340 e. The third-order valence-corrected chi connectivity index (χ3v) is 3.55. The fourth-order valence-corrected chi connectivity index (χ4v) is 2.54. The van der Waals surface area contributed by atoms with E-state index in [-0.39, 0.29) is 5.91 Å². The fraction of sp³-hybridized carbons (Fsp3) is 0.176. The summed E-state index contributed by atoms with van der Waals surface area (Å²) in [4.78, 5) is 14.0. The maximum atomic E-state index is 11.8. The van der Waals surface area contributed by atoms with Crippen LogP contribution in [0.1, 0.15) is 18.4 Å².